The van der Waals surface area contributed by atoms with Crippen molar-refractivity contribution in [1.82, 2.24) is 5.32 Å². The molecule has 2 nitrogen and oxygen atoms in total. The maximum absolute atomic E-state index is 5.45. The second-order valence-corrected chi connectivity index (χ2v) is 6.40. The average Bonchev–Trinajstić information content (AvgIpc) is 2.39. The molecule has 15 heavy (non-hydrogen) atoms. The van der Waals surface area contributed by atoms with Crippen LogP contribution in [0.4, 0.5) is 0 Å². The molecule has 0 bridgehead atoms. The fourth-order valence-corrected chi connectivity index (χ4v) is 1.81. The molecule has 0 aromatic carbocycles. The minimum absolute atomic E-state index is 0.386. The van der Waals surface area contributed by atoms with E-state index < -0.39 is 0 Å². The van der Waals surface area contributed by atoms with Gasteiger partial charge in [-0.05, 0) is 56.3 Å². The molecule has 0 spiro atoms. The summed E-state index contributed by atoms with van der Waals surface area (Å²) in [7, 11) is 0. The third-order valence-electron chi connectivity index (χ3n) is 2.05. The molecule has 0 radical (unpaired) electrons. The van der Waals surface area contributed by atoms with Crippen LogP contribution in [0.2, 0.25) is 0 Å². The smallest absolute Gasteiger partial charge is 0.183 e. The molecule has 0 amide bonds. The molecule has 0 fully saturated rings. The molecule has 1 aromatic rings. The molecule has 1 aromatic heterocycles. The molecule has 1 heterocycles. The zero-order chi connectivity index (χ0) is 11.5. The van der Waals surface area contributed by atoms with Crippen LogP contribution in [0.5, 0.6) is 0 Å². The summed E-state index contributed by atoms with van der Waals surface area (Å²) >= 11 is 6.70. The van der Waals surface area contributed by atoms with Crippen LogP contribution in [-0.4, -0.2) is 6.54 Å². The summed E-state index contributed by atoms with van der Waals surface area (Å²) in [6.45, 7) is 8.53. The van der Waals surface area contributed by atoms with Gasteiger partial charge < -0.3 is 9.73 Å². The Morgan fingerprint density at radius 1 is 1.33 bits per heavy atom. The fourth-order valence-electron chi connectivity index (χ4n) is 1.15. The Hall–Kier alpha value is 0.200. The van der Waals surface area contributed by atoms with Gasteiger partial charge in [-0.25, -0.2) is 0 Å². The number of nitrogens with one attached hydrogen (secondary N) is 1. The Labute approximate surface area is 108 Å². The van der Waals surface area contributed by atoms with Gasteiger partial charge in [0.05, 0.1) is 11.0 Å². The van der Waals surface area contributed by atoms with E-state index in [-0.39, 0.29) is 0 Å². The molecule has 0 aliphatic heterocycles. The van der Waals surface area contributed by atoms with E-state index >= 15 is 0 Å². The number of furan rings is 1. The van der Waals surface area contributed by atoms with Gasteiger partial charge in [-0.3, -0.25) is 0 Å². The van der Waals surface area contributed by atoms with Crippen molar-refractivity contribution in [3.63, 3.8) is 0 Å². The van der Waals surface area contributed by atoms with Crippen LogP contribution in [0.25, 0.3) is 0 Å². The molecule has 1 rings (SSSR count). The van der Waals surface area contributed by atoms with Gasteiger partial charge in [-0.2, -0.15) is 0 Å². The highest BCUT2D eigenvalue weighted by Crippen LogP contribution is 2.26. The van der Waals surface area contributed by atoms with Gasteiger partial charge >= 0.3 is 0 Å². The van der Waals surface area contributed by atoms with Gasteiger partial charge in [0.25, 0.3) is 0 Å². The van der Waals surface area contributed by atoms with Crippen LogP contribution in [0, 0.1) is 5.41 Å². The molecular formula is C11H17Br2NO. The SMILES string of the molecule is CC(C)(C)CCNCc1cc(Br)c(Br)o1. The highest BCUT2D eigenvalue weighted by molar-refractivity contribution is 9.13. The number of halogens is 2. The first-order chi connectivity index (χ1) is 6.88. The van der Waals surface area contributed by atoms with E-state index in [1.807, 2.05) is 6.07 Å². The van der Waals surface area contributed by atoms with Gasteiger partial charge in [0.1, 0.15) is 5.76 Å². The van der Waals surface area contributed by atoms with Crippen LogP contribution in [0.1, 0.15) is 33.0 Å². The molecule has 0 saturated heterocycles. The second-order valence-electron chi connectivity index (χ2n) is 4.82. The van der Waals surface area contributed by atoms with E-state index in [2.05, 4.69) is 57.9 Å². The molecule has 4 heteroatoms. The number of hydrogen-bond acceptors (Lipinski definition) is 2. The van der Waals surface area contributed by atoms with Crippen LogP contribution in [0.15, 0.2) is 19.6 Å². The van der Waals surface area contributed by atoms with Crippen molar-refractivity contribution < 1.29 is 4.42 Å². The molecular weight excluding hydrogens is 322 g/mol. The maximum Gasteiger partial charge on any atom is 0.183 e. The van der Waals surface area contributed by atoms with Crippen molar-refractivity contribution in [3.8, 4) is 0 Å². The lowest BCUT2D eigenvalue weighted by molar-refractivity contribution is 0.360. The summed E-state index contributed by atoms with van der Waals surface area (Å²) in [5, 5.41) is 3.36. The molecule has 0 atom stereocenters. The third kappa shape index (κ3) is 5.18. The number of hydrogen-bond donors (Lipinski definition) is 1. The molecule has 0 unspecified atom stereocenters. The predicted octanol–water partition coefficient (Wildman–Crippen LogP) is 4.33. The molecule has 0 aliphatic carbocycles. The van der Waals surface area contributed by atoms with Gasteiger partial charge in [0.2, 0.25) is 0 Å². The molecule has 0 saturated carbocycles. The average molecular weight is 339 g/mol. The van der Waals surface area contributed by atoms with Gasteiger partial charge in [0.15, 0.2) is 4.67 Å². The van der Waals surface area contributed by atoms with E-state index in [1.165, 1.54) is 0 Å². The largest absolute Gasteiger partial charge is 0.452 e. The summed E-state index contributed by atoms with van der Waals surface area (Å²) in [6.07, 6.45) is 1.16. The lowest BCUT2D eigenvalue weighted by Gasteiger charge is -2.17. The van der Waals surface area contributed by atoms with Crippen molar-refractivity contribution in [2.45, 2.75) is 33.7 Å². The van der Waals surface area contributed by atoms with E-state index in [0.29, 0.717) is 5.41 Å². The standard InChI is InChI=1S/C11H17Br2NO/c1-11(2,3)4-5-14-7-8-6-9(12)10(13)15-8/h6,14H,4-5,7H2,1-3H3. The highest BCUT2D eigenvalue weighted by Gasteiger charge is 2.09. The van der Waals surface area contributed by atoms with Crippen LogP contribution in [-0.2, 0) is 6.54 Å². The van der Waals surface area contributed by atoms with E-state index in [1.54, 1.807) is 0 Å². The van der Waals surface area contributed by atoms with Crippen molar-refractivity contribution in [3.05, 3.63) is 21.0 Å². The van der Waals surface area contributed by atoms with E-state index in [4.69, 9.17) is 4.42 Å². The fraction of sp³-hybridized carbons (Fsp3) is 0.636. The van der Waals surface area contributed by atoms with Crippen molar-refractivity contribution in [2.24, 2.45) is 5.41 Å². The Morgan fingerprint density at radius 2 is 2.00 bits per heavy atom. The van der Waals surface area contributed by atoms with E-state index in [9.17, 15) is 0 Å². The molecule has 86 valence electrons. The molecule has 1 N–H and O–H groups in total. The summed E-state index contributed by atoms with van der Waals surface area (Å²) in [5.41, 5.74) is 0.386. The Kier molecular flexibility index (Phi) is 4.87. The van der Waals surface area contributed by atoms with Crippen molar-refractivity contribution in [2.75, 3.05) is 6.54 Å². The quantitative estimate of drug-likeness (QED) is 0.826. The van der Waals surface area contributed by atoms with E-state index in [0.717, 1.165) is 34.4 Å². The Bertz CT molecular complexity index is 295. The van der Waals surface area contributed by atoms with Crippen LogP contribution < -0.4 is 5.32 Å². The predicted molar refractivity (Wildman–Crippen MR) is 69.9 cm³/mol. The first kappa shape index (κ1) is 13.3. The van der Waals surface area contributed by atoms with Crippen LogP contribution in [0.3, 0.4) is 0 Å². The first-order valence-corrected chi connectivity index (χ1v) is 6.61. The summed E-state index contributed by atoms with van der Waals surface area (Å²) in [4.78, 5) is 0. The number of rotatable bonds is 4. The zero-order valence-electron chi connectivity index (χ0n) is 9.36. The minimum atomic E-state index is 0.386. The Morgan fingerprint density at radius 3 is 2.47 bits per heavy atom. The lowest BCUT2D eigenvalue weighted by atomic mass is 9.92. The van der Waals surface area contributed by atoms with Gasteiger partial charge in [-0.1, -0.05) is 20.8 Å². The van der Waals surface area contributed by atoms with Crippen molar-refractivity contribution in [1.29, 1.82) is 0 Å². The summed E-state index contributed by atoms with van der Waals surface area (Å²) in [6, 6.07) is 1.98. The first-order valence-electron chi connectivity index (χ1n) is 5.03. The maximum atomic E-state index is 5.45. The topological polar surface area (TPSA) is 25.2 Å². The van der Waals surface area contributed by atoms with Gasteiger partial charge in [0, 0.05) is 0 Å². The second kappa shape index (κ2) is 5.51. The van der Waals surface area contributed by atoms with Gasteiger partial charge in [-0.15, -0.1) is 0 Å². The molecule has 0 aliphatic rings. The van der Waals surface area contributed by atoms with Crippen LogP contribution >= 0.6 is 31.9 Å². The summed E-state index contributed by atoms with van der Waals surface area (Å²) in [5.74, 6) is 0.947. The van der Waals surface area contributed by atoms with Crippen molar-refractivity contribution >= 4 is 31.9 Å². The Balaban J connectivity index is 2.26. The zero-order valence-corrected chi connectivity index (χ0v) is 12.5. The normalized spacial score (nSPS) is 12.1. The lowest BCUT2D eigenvalue weighted by Crippen LogP contribution is -2.19. The minimum Gasteiger partial charge on any atom is -0.452 e. The monoisotopic (exact) mass is 337 g/mol. The highest BCUT2D eigenvalue weighted by atomic mass is 79.9. The third-order valence-corrected chi connectivity index (χ3v) is 3.76. The summed E-state index contributed by atoms with van der Waals surface area (Å²) < 4.78 is 7.18.